The Bertz CT molecular complexity index is 1060. The molecular weight excluding hydrogens is 376 g/mol. The highest BCUT2D eigenvalue weighted by molar-refractivity contribution is 7.97. The molecule has 0 heterocycles. The molecule has 1 aliphatic carbocycles. The van der Waals surface area contributed by atoms with Gasteiger partial charge in [-0.2, -0.15) is 0 Å². The van der Waals surface area contributed by atoms with E-state index in [0.717, 1.165) is 0 Å². The number of allylic oxidation sites excluding steroid dienone is 4. The Morgan fingerprint density at radius 1 is 0.500 bits per heavy atom. The van der Waals surface area contributed by atoms with Gasteiger partial charge in [0.05, 0.1) is 9.79 Å². The molecule has 0 unspecified atom stereocenters. The van der Waals surface area contributed by atoms with E-state index in [4.69, 9.17) is 0 Å². The fraction of sp³-hybridized carbons (Fsp3) is 0. The molecule has 3 rings (SSSR count). The van der Waals surface area contributed by atoms with Crippen LogP contribution in [0.15, 0.2) is 92.4 Å². The smallest absolute Gasteiger partial charge is 0.210 e. The number of sulfone groups is 2. The maximum atomic E-state index is 12.5. The largest absolute Gasteiger partial charge is 0.288 e. The zero-order valence-corrected chi connectivity index (χ0v) is 14.8. The summed E-state index contributed by atoms with van der Waals surface area (Å²) in [5, 5.41) is 0. The third-order valence-corrected chi connectivity index (χ3v) is 7.28. The summed E-state index contributed by atoms with van der Waals surface area (Å²) in [6, 6.07) is 14.3. The van der Waals surface area contributed by atoms with E-state index in [0.29, 0.717) is 12.2 Å². The molecule has 8 heteroatoms. The summed E-state index contributed by atoms with van der Waals surface area (Å²) in [7, 11) is -8.45. The zero-order valence-electron chi connectivity index (χ0n) is 13.2. The van der Waals surface area contributed by atoms with Crippen LogP contribution in [0.2, 0.25) is 0 Å². The Balaban J connectivity index is 2.05. The second kappa shape index (κ2) is 6.47. The first kappa shape index (κ1) is 18.0. The monoisotopic (exact) mass is 388 g/mol. The van der Waals surface area contributed by atoms with Crippen LogP contribution in [0, 0.1) is 0 Å². The normalized spacial score (nSPS) is 15.4. The molecule has 0 N–H and O–H groups in total. The van der Waals surface area contributed by atoms with Crippen LogP contribution in [0.25, 0.3) is 0 Å². The van der Waals surface area contributed by atoms with Crippen LogP contribution >= 0.6 is 0 Å². The van der Waals surface area contributed by atoms with Crippen LogP contribution in [-0.4, -0.2) is 28.4 Å². The molecule has 0 spiro atoms. The minimum Gasteiger partial charge on any atom is -0.288 e. The van der Waals surface area contributed by atoms with Crippen LogP contribution in [0.5, 0.6) is 0 Å². The van der Waals surface area contributed by atoms with Gasteiger partial charge in [0.2, 0.25) is 19.7 Å². The summed E-state index contributed by atoms with van der Waals surface area (Å²) in [4.78, 5) is 22.8. The Hall–Kier alpha value is -2.84. The summed E-state index contributed by atoms with van der Waals surface area (Å²) in [6.45, 7) is 0. The lowest BCUT2D eigenvalue weighted by Gasteiger charge is -2.13. The predicted octanol–water partition coefficient (Wildman–Crippen LogP) is 1.85. The van der Waals surface area contributed by atoms with E-state index in [-0.39, 0.29) is 9.79 Å². The molecule has 2 aromatic rings. The average molecular weight is 388 g/mol. The average Bonchev–Trinajstić information content (AvgIpc) is 2.64. The van der Waals surface area contributed by atoms with E-state index in [1.54, 1.807) is 12.1 Å². The van der Waals surface area contributed by atoms with Gasteiger partial charge in [0.15, 0.2) is 11.6 Å². The summed E-state index contributed by atoms with van der Waals surface area (Å²) in [5.74, 6) is -2.11. The van der Waals surface area contributed by atoms with Crippen LogP contribution in [0.4, 0.5) is 0 Å². The molecule has 0 saturated carbocycles. The minimum absolute atomic E-state index is 0.157. The van der Waals surface area contributed by atoms with Crippen molar-refractivity contribution in [1.29, 1.82) is 0 Å². The van der Waals surface area contributed by atoms with Crippen molar-refractivity contribution >= 4 is 31.2 Å². The predicted molar refractivity (Wildman–Crippen MR) is 93.4 cm³/mol. The lowest BCUT2D eigenvalue weighted by atomic mass is 10.2. The first-order valence-electron chi connectivity index (χ1n) is 7.37. The van der Waals surface area contributed by atoms with Crippen LogP contribution in [0.1, 0.15) is 0 Å². The van der Waals surface area contributed by atoms with Crippen molar-refractivity contribution in [2.24, 2.45) is 0 Å². The van der Waals surface area contributed by atoms with E-state index in [1.165, 1.54) is 48.5 Å². The summed E-state index contributed by atoms with van der Waals surface area (Å²) in [6.07, 6.45) is 1.14. The van der Waals surface area contributed by atoms with Gasteiger partial charge < -0.3 is 0 Å². The van der Waals surface area contributed by atoms with Crippen LogP contribution < -0.4 is 0 Å². The lowest BCUT2D eigenvalue weighted by Crippen LogP contribution is -2.23. The highest BCUT2D eigenvalue weighted by atomic mass is 32.2. The first-order valence-corrected chi connectivity index (χ1v) is 10.3. The third-order valence-electron chi connectivity index (χ3n) is 3.70. The number of hydrogen-bond donors (Lipinski definition) is 0. The van der Waals surface area contributed by atoms with Crippen molar-refractivity contribution in [3.63, 3.8) is 0 Å². The van der Waals surface area contributed by atoms with E-state index in [1.807, 2.05) is 0 Å². The molecule has 0 aliphatic heterocycles. The molecule has 6 nitrogen and oxygen atoms in total. The van der Waals surface area contributed by atoms with E-state index >= 15 is 0 Å². The molecule has 1 aliphatic rings. The van der Waals surface area contributed by atoms with Gasteiger partial charge in [-0.1, -0.05) is 36.4 Å². The Morgan fingerprint density at radius 3 is 1.12 bits per heavy atom. The number of carbonyl (C=O) groups excluding carboxylic acids is 2. The topological polar surface area (TPSA) is 102 Å². The lowest BCUT2D eigenvalue weighted by molar-refractivity contribution is -0.114. The van der Waals surface area contributed by atoms with Gasteiger partial charge in [0, 0.05) is 12.2 Å². The number of benzene rings is 2. The van der Waals surface area contributed by atoms with Gasteiger partial charge in [-0.3, -0.25) is 9.59 Å². The number of carbonyl (C=O) groups is 2. The Labute approximate surface area is 150 Å². The van der Waals surface area contributed by atoms with Crippen molar-refractivity contribution in [2.45, 2.75) is 9.79 Å². The van der Waals surface area contributed by atoms with Gasteiger partial charge in [0.1, 0.15) is 9.81 Å². The highest BCUT2D eigenvalue weighted by Crippen LogP contribution is 2.28. The third kappa shape index (κ3) is 3.04. The van der Waals surface area contributed by atoms with Crippen molar-refractivity contribution in [3.8, 4) is 0 Å². The van der Waals surface area contributed by atoms with Gasteiger partial charge in [0.25, 0.3) is 0 Å². The molecule has 0 atom stereocenters. The summed E-state index contributed by atoms with van der Waals surface area (Å²) >= 11 is 0. The maximum Gasteiger partial charge on any atom is 0.210 e. The van der Waals surface area contributed by atoms with Crippen molar-refractivity contribution in [1.82, 2.24) is 0 Å². The maximum absolute atomic E-state index is 12.5. The van der Waals surface area contributed by atoms with Crippen LogP contribution in [-0.2, 0) is 29.3 Å². The molecule has 0 fully saturated rings. The minimum atomic E-state index is -4.23. The number of ketones is 2. The molecule has 132 valence electrons. The molecule has 0 aromatic heterocycles. The van der Waals surface area contributed by atoms with Gasteiger partial charge in [-0.25, -0.2) is 16.8 Å². The molecule has 0 amide bonds. The van der Waals surface area contributed by atoms with Gasteiger partial charge in [-0.05, 0) is 24.3 Å². The Kier molecular flexibility index (Phi) is 4.47. The molecule has 2 aromatic carbocycles. The molecule has 0 bridgehead atoms. The van der Waals surface area contributed by atoms with Gasteiger partial charge in [-0.15, -0.1) is 0 Å². The molecule has 0 radical (unpaired) electrons. The van der Waals surface area contributed by atoms with E-state index in [2.05, 4.69) is 0 Å². The van der Waals surface area contributed by atoms with Gasteiger partial charge >= 0.3 is 0 Å². The SMILES string of the molecule is O=C1C=C(S(=O)(=O)c2ccccc2)C(=O)C=C1S(=O)(=O)c1ccccc1. The molecular formula is C18H12O6S2. The fourth-order valence-corrected chi connectivity index (χ4v) is 5.11. The molecule has 26 heavy (non-hydrogen) atoms. The first-order chi connectivity index (χ1) is 12.2. The van der Waals surface area contributed by atoms with E-state index in [9.17, 15) is 26.4 Å². The second-order valence-electron chi connectivity index (χ2n) is 5.38. The van der Waals surface area contributed by atoms with Crippen molar-refractivity contribution in [2.75, 3.05) is 0 Å². The number of rotatable bonds is 4. The Morgan fingerprint density at radius 2 is 0.808 bits per heavy atom. The summed E-state index contributed by atoms with van der Waals surface area (Å²) < 4.78 is 50.2. The second-order valence-corrected chi connectivity index (χ2v) is 9.21. The number of hydrogen-bond acceptors (Lipinski definition) is 6. The van der Waals surface area contributed by atoms with Crippen molar-refractivity contribution in [3.05, 3.63) is 82.6 Å². The highest BCUT2D eigenvalue weighted by Gasteiger charge is 2.36. The quantitative estimate of drug-likeness (QED) is 0.741. The molecule has 0 saturated heterocycles. The standard InChI is InChI=1S/C18H12O6S2/c19-15-12-18(26(23,24)14-9-5-2-6-10-14)16(20)11-17(15)25(21,22)13-7-3-1-4-8-13/h1-12H. The van der Waals surface area contributed by atoms with E-state index < -0.39 is 41.1 Å². The summed E-state index contributed by atoms with van der Waals surface area (Å²) in [5.41, 5.74) is 0. The fourth-order valence-electron chi connectivity index (χ4n) is 2.40. The van der Waals surface area contributed by atoms with Crippen LogP contribution in [0.3, 0.4) is 0 Å². The zero-order chi connectivity index (χ0) is 18.9. The van der Waals surface area contributed by atoms with Crippen molar-refractivity contribution < 1.29 is 26.4 Å².